The molecule has 24 heavy (non-hydrogen) atoms. The van der Waals surface area contributed by atoms with Crippen LogP contribution in [0, 0.1) is 0 Å². The topological polar surface area (TPSA) is 70.6 Å². The monoisotopic (exact) mass is 374 g/mol. The lowest BCUT2D eigenvalue weighted by atomic mass is 10.1. The Hall–Kier alpha value is -0.950. The Labute approximate surface area is 154 Å². The summed E-state index contributed by atoms with van der Waals surface area (Å²) in [5, 5.41) is 16.4. The Morgan fingerprint density at radius 1 is 1.50 bits per heavy atom. The minimum absolute atomic E-state index is 0. The number of carbonyl (C=O) groups excluding carboxylic acids is 1. The van der Waals surface area contributed by atoms with Crippen molar-refractivity contribution in [3.05, 3.63) is 29.8 Å². The summed E-state index contributed by atoms with van der Waals surface area (Å²) >= 11 is 1.87. The molecule has 1 aromatic carbocycles. The van der Waals surface area contributed by atoms with E-state index >= 15 is 0 Å². The molecule has 1 amide bonds. The van der Waals surface area contributed by atoms with Crippen molar-refractivity contribution < 1.29 is 14.6 Å². The smallest absolute Gasteiger partial charge is 0.221 e. The number of nitrogens with one attached hydrogen (secondary N) is 2. The molecule has 0 bridgehead atoms. The maximum Gasteiger partial charge on any atom is 0.221 e. The van der Waals surface area contributed by atoms with Crippen LogP contribution in [0.4, 0.5) is 0 Å². The average Bonchev–Trinajstić information content (AvgIpc) is 2.53. The molecule has 1 heterocycles. The molecule has 0 aromatic heterocycles. The number of aliphatic hydroxyl groups is 1. The predicted molar refractivity (Wildman–Crippen MR) is 101 cm³/mol. The van der Waals surface area contributed by atoms with Crippen LogP contribution in [0.3, 0.4) is 0 Å². The molecule has 2 unspecified atom stereocenters. The maximum atomic E-state index is 12.0. The van der Waals surface area contributed by atoms with Gasteiger partial charge in [-0.15, -0.1) is 12.4 Å². The van der Waals surface area contributed by atoms with Crippen LogP contribution in [0.1, 0.15) is 31.9 Å². The van der Waals surface area contributed by atoms with Gasteiger partial charge in [0.2, 0.25) is 5.91 Å². The largest absolute Gasteiger partial charge is 0.491 e. The van der Waals surface area contributed by atoms with E-state index in [0.717, 1.165) is 29.4 Å². The summed E-state index contributed by atoms with van der Waals surface area (Å²) < 4.78 is 5.62. The Balaban J connectivity index is 0.00000288. The molecule has 0 aliphatic carbocycles. The van der Waals surface area contributed by atoms with Gasteiger partial charge in [0.15, 0.2) is 0 Å². The molecule has 0 radical (unpaired) electrons. The van der Waals surface area contributed by atoms with Crippen LogP contribution in [0.2, 0.25) is 0 Å². The van der Waals surface area contributed by atoms with Gasteiger partial charge in [-0.05, 0) is 31.5 Å². The van der Waals surface area contributed by atoms with E-state index in [4.69, 9.17) is 4.74 Å². The minimum atomic E-state index is -0.733. The van der Waals surface area contributed by atoms with E-state index in [1.807, 2.05) is 49.9 Å². The highest BCUT2D eigenvalue weighted by Crippen LogP contribution is 2.20. The lowest BCUT2D eigenvalue weighted by molar-refractivity contribution is -0.121. The number of thioether (sulfide) groups is 1. The second kappa shape index (κ2) is 10.8. The first-order valence-electron chi connectivity index (χ1n) is 8.07. The predicted octanol–water partition coefficient (Wildman–Crippen LogP) is 2.14. The van der Waals surface area contributed by atoms with E-state index in [0.29, 0.717) is 6.42 Å². The molecule has 1 saturated heterocycles. The minimum Gasteiger partial charge on any atom is -0.491 e. The van der Waals surface area contributed by atoms with Crippen LogP contribution in [0.25, 0.3) is 0 Å². The van der Waals surface area contributed by atoms with Gasteiger partial charge in [-0.1, -0.05) is 12.1 Å². The van der Waals surface area contributed by atoms with Crippen LogP contribution in [-0.2, 0) is 4.79 Å². The molecule has 5 nitrogen and oxygen atoms in total. The van der Waals surface area contributed by atoms with Crippen molar-refractivity contribution in [3.8, 4) is 5.75 Å². The van der Waals surface area contributed by atoms with Crippen molar-refractivity contribution in [2.24, 2.45) is 0 Å². The van der Waals surface area contributed by atoms with E-state index in [-0.39, 0.29) is 37.0 Å². The van der Waals surface area contributed by atoms with Gasteiger partial charge in [-0.2, -0.15) is 11.8 Å². The highest BCUT2D eigenvalue weighted by molar-refractivity contribution is 7.99. The molecule has 3 N–H and O–H groups in total. The average molecular weight is 375 g/mol. The number of benzene rings is 1. The summed E-state index contributed by atoms with van der Waals surface area (Å²) in [7, 11) is 0. The third kappa shape index (κ3) is 7.30. The summed E-state index contributed by atoms with van der Waals surface area (Å²) in [6.45, 7) is 5.08. The molecular weight excluding hydrogens is 348 g/mol. The second-order valence-electron chi connectivity index (χ2n) is 5.99. The molecule has 1 aliphatic rings. The molecular formula is C17H27ClN2O3S. The molecule has 2 atom stereocenters. The number of amides is 1. The van der Waals surface area contributed by atoms with E-state index < -0.39 is 6.10 Å². The van der Waals surface area contributed by atoms with E-state index in [2.05, 4.69) is 10.6 Å². The number of carbonyl (C=O) groups is 1. The number of halogens is 1. The van der Waals surface area contributed by atoms with Gasteiger partial charge >= 0.3 is 0 Å². The lowest BCUT2D eigenvalue weighted by Crippen LogP contribution is -2.41. The van der Waals surface area contributed by atoms with E-state index in [9.17, 15) is 9.90 Å². The zero-order valence-corrected chi connectivity index (χ0v) is 15.8. The van der Waals surface area contributed by atoms with Gasteiger partial charge in [0.05, 0.1) is 12.2 Å². The Kier molecular flexibility index (Phi) is 9.51. The van der Waals surface area contributed by atoms with Crippen molar-refractivity contribution in [3.63, 3.8) is 0 Å². The van der Waals surface area contributed by atoms with Crippen LogP contribution in [-0.4, -0.2) is 47.8 Å². The molecule has 0 spiro atoms. The highest BCUT2D eigenvalue weighted by atomic mass is 35.5. The number of rotatable bonds is 7. The van der Waals surface area contributed by atoms with Crippen molar-refractivity contribution in [2.75, 3.05) is 24.6 Å². The van der Waals surface area contributed by atoms with E-state index in [1.165, 1.54) is 0 Å². The zero-order chi connectivity index (χ0) is 16.7. The maximum absolute atomic E-state index is 12.0. The highest BCUT2D eigenvalue weighted by Gasteiger charge is 2.17. The van der Waals surface area contributed by atoms with Gasteiger partial charge in [0, 0.05) is 37.1 Å². The first-order valence-corrected chi connectivity index (χ1v) is 9.22. The molecule has 136 valence electrons. The van der Waals surface area contributed by atoms with Gasteiger partial charge in [0.1, 0.15) is 5.75 Å². The Bertz CT molecular complexity index is 510. The van der Waals surface area contributed by atoms with Crippen molar-refractivity contribution in [1.82, 2.24) is 10.6 Å². The summed E-state index contributed by atoms with van der Waals surface area (Å²) in [4.78, 5) is 12.0. The molecule has 2 rings (SSSR count). The van der Waals surface area contributed by atoms with Crippen molar-refractivity contribution in [1.29, 1.82) is 0 Å². The molecule has 1 fully saturated rings. The summed E-state index contributed by atoms with van der Waals surface area (Å²) in [5.41, 5.74) is 0.745. The fraction of sp³-hybridized carbons (Fsp3) is 0.588. The first-order chi connectivity index (χ1) is 11.0. The number of aliphatic hydroxyl groups excluding tert-OH is 1. The number of ether oxygens (including phenoxy) is 1. The zero-order valence-electron chi connectivity index (χ0n) is 14.2. The van der Waals surface area contributed by atoms with E-state index in [1.54, 1.807) is 0 Å². The SMILES string of the molecule is CC(C)Oc1cccc(C(O)CNC(=O)CC2CSCCN2)c1.Cl. The van der Waals surface area contributed by atoms with Crippen LogP contribution in [0.15, 0.2) is 24.3 Å². The lowest BCUT2D eigenvalue weighted by Gasteiger charge is -2.22. The summed E-state index contributed by atoms with van der Waals surface area (Å²) in [6.07, 6.45) is -0.192. The third-order valence-electron chi connectivity index (χ3n) is 3.54. The number of hydrogen-bond donors (Lipinski definition) is 3. The Morgan fingerprint density at radius 3 is 2.96 bits per heavy atom. The van der Waals surface area contributed by atoms with Gasteiger partial charge in [-0.3, -0.25) is 4.79 Å². The summed E-state index contributed by atoms with van der Waals surface area (Å²) in [6, 6.07) is 7.59. The molecule has 0 saturated carbocycles. The van der Waals surface area contributed by atoms with Crippen LogP contribution >= 0.6 is 24.2 Å². The van der Waals surface area contributed by atoms with Crippen molar-refractivity contribution in [2.45, 2.75) is 38.5 Å². The quantitative estimate of drug-likeness (QED) is 0.682. The van der Waals surface area contributed by atoms with Crippen LogP contribution < -0.4 is 15.4 Å². The normalized spacial score (nSPS) is 18.6. The standard InChI is InChI=1S/C17H26N2O3S.ClH/c1-12(2)22-15-5-3-4-13(8-15)16(20)10-19-17(21)9-14-11-23-7-6-18-14;/h3-5,8,12,14,16,18,20H,6-7,9-11H2,1-2H3,(H,19,21);1H. The second-order valence-corrected chi connectivity index (χ2v) is 7.14. The first kappa shape index (κ1) is 21.1. The fourth-order valence-electron chi connectivity index (χ4n) is 2.44. The van der Waals surface area contributed by atoms with Crippen LogP contribution in [0.5, 0.6) is 5.75 Å². The molecule has 1 aromatic rings. The van der Waals surface area contributed by atoms with Crippen molar-refractivity contribution >= 4 is 30.1 Å². The third-order valence-corrected chi connectivity index (χ3v) is 4.67. The number of hydrogen-bond acceptors (Lipinski definition) is 5. The Morgan fingerprint density at radius 2 is 2.29 bits per heavy atom. The molecule has 7 heteroatoms. The molecule has 1 aliphatic heterocycles. The fourth-order valence-corrected chi connectivity index (χ4v) is 3.39. The van der Waals surface area contributed by atoms with Gasteiger partial charge in [0.25, 0.3) is 0 Å². The van der Waals surface area contributed by atoms with Gasteiger partial charge in [-0.25, -0.2) is 0 Å². The van der Waals surface area contributed by atoms with Gasteiger partial charge < -0.3 is 20.5 Å². The summed E-state index contributed by atoms with van der Waals surface area (Å²) in [5.74, 6) is 2.76.